The van der Waals surface area contributed by atoms with Crippen LogP contribution in [0.2, 0.25) is 18.1 Å². The Morgan fingerprint density at radius 3 is 2.00 bits per heavy atom. The van der Waals surface area contributed by atoms with Gasteiger partial charge in [-0.25, -0.2) is 0 Å². The molecule has 0 N–H and O–H groups in total. The van der Waals surface area contributed by atoms with Gasteiger partial charge in [-0.05, 0) is 29.8 Å². The van der Waals surface area contributed by atoms with Crippen molar-refractivity contribution >= 4 is 19.8 Å². The molecule has 0 aliphatic carbocycles. The molecule has 0 unspecified atom stereocenters. The van der Waals surface area contributed by atoms with Gasteiger partial charge in [-0.15, -0.1) is 5.54 Å². The second-order valence-corrected chi connectivity index (χ2v) is 9.60. The van der Waals surface area contributed by atoms with Gasteiger partial charge in [0, 0.05) is 5.75 Å². The summed E-state index contributed by atoms with van der Waals surface area (Å²) >= 11 is 1.82. The lowest BCUT2D eigenvalue weighted by atomic mass is 10.4. The smallest absolute Gasteiger partial charge is 0.119 e. The molecule has 0 atom stereocenters. The van der Waals surface area contributed by atoms with Crippen molar-refractivity contribution in [3.05, 3.63) is 0 Å². The van der Waals surface area contributed by atoms with Crippen LogP contribution in [0.15, 0.2) is 0 Å². The number of hydrogen-bond donors (Lipinski definition) is 0. The summed E-state index contributed by atoms with van der Waals surface area (Å²) in [6.07, 6.45) is 2.59. The van der Waals surface area contributed by atoms with Gasteiger partial charge in [0.05, 0.1) is 0 Å². The van der Waals surface area contributed by atoms with Gasteiger partial charge >= 0.3 is 0 Å². The van der Waals surface area contributed by atoms with Gasteiger partial charge < -0.3 is 0 Å². The summed E-state index contributed by atoms with van der Waals surface area (Å²) in [6, 6.07) is 3.96. The van der Waals surface area contributed by atoms with Gasteiger partial charge in [-0.3, -0.25) is 0 Å². The Morgan fingerprint density at radius 1 is 1.00 bits per heavy atom. The third-order valence-electron chi connectivity index (χ3n) is 3.02. The van der Waals surface area contributed by atoms with Gasteiger partial charge in [0.1, 0.15) is 8.07 Å². The predicted molar refractivity (Wildman–Crippen MR) is 72.3 cm³/mol. The average molecular weight is 228 g/mol. The van der Waals surface area contributed by atoms with Gasteiger partial charge in [-0.1, -0.05) is 45.9 Å². The van der Waals surface area contributed by atoms with Crippen LogP contribution in [0.3, 0.4) is 0 Å². The second-order valence-electron chi connectivity index (χ2n) is 3.77. The molecule has 0 heterocycles. The van der Waals surface area contributed by atoms with Crippen molar-refractivity contribution in [1.29, 1.82) is 0 Å². The van der Waals surface area contributed by atoms with E-state index >= 15 is 0 Å². The van der Waals surface area contributed by atoms with Gasteiger partial charge in [0.15, 0.2) is 0 Å². The van der Waals surface area contributed by atoms with Gasteiger partial charge in [0.25, 0.3) is 0 Å². The van der Waals surface area contributed by atoms with Crippen molar-refractivity contribution in [1.82, 2.24) is 0 Å². The molecule has 0 aromatic carbocycles. The summed E-state index contributed by atoms with van der Waals surface area (Å²) in [5, 5.41) is 3.34. The van der Waals surface area contributed by atoms with Gasteiger partial charge in [-0.2, -0.15) is 0 Å². The van der Waals surface area contributed by atoms with E-state index in [9.17, 15) is 0 Å². The molecule has 0 saturated carbocycles. The first-order chi connectivity index (χ1) is 6.74. The Bertz CT molecular complexity index is 178. The van der Waals surface area contributed by atoms with E-state index in [1.807, 2.05) is 11.8 Å². The summed E-state index contributed by atoms with van der Waals surface area (Å²) in [6.45, 7) is 9.16. The summed E-state index contributed by atoms with van der Waals surface area (Å²) < 4.78 is 0. The second kappa shape index (κ2) is 8.44. The van der Waals surface area contributed by atoms with E-state index in [-0.39, 0.29) is 0 Å². The number of rotatable bonds is 6. The molecule has 0 nitrogen and oxygen atoms in total. The normalized spacial score (nSPS) is 10.9. The Balaban J connectivity index is 4.00. The lowest BCUT2D eigenvalue weighted by molar-refractivity contribution is 0.898. The minimum absolute atomic E-state index is 1.16. The molecule has 0 aliphatic heterocycles. The maximum absolute atomic E-state index is 3.59. The molecular formula is C12H24SSi. The third-order valence-corrected chi connectivity index (χ3v) is 8.66. The van der Waals surface area contributed by atoms with Crippen molar-refractivity contribution in [2.45, 2.75) is 58.7 Å². The Morgan fingerprint density at radius 2 is 1.57 bits per heavy atom. The molecule has 0 rings (SSSR count). The van der Waals surface area contributed by atoms with Crippen LogP contribution in [0.4, 0.5) is 0 Å². The molecule has 0 aromatic heterocycles. The van der Waals surface area contributed by atoms with Crippen molar-refractivity contribution < 1.29 is 0 Å². The van der Waals surface area contributed by atoms with Crippen LogP contribution in [-0.2, 0) is 0 Å². The lowest BCUT2D eigenvalue weighted by Crippen LogP contribution is -2.29. The predicted octanol–water partition coefficient (Wildman–Crippen LogP) is 4.53. The highest BCUT2D eigenvalue weighted by molar-refractivity contribution is 8.03. The zero-order chi connectivity index (χ0) is 10.9. The van der Waals surface area contributed by atoms with Gasteiger partial charge in [0.2, 0.25) is 0 Å². The molecule has 0 radical (unpaired) electrons. The van der Waals surface area contributed by atoms with E-state index in [1.54, 1.807) is 0 Å². The van der Waals surface area contributed by atoms with E-state index in [0.717, 1.165) is 0 Å². The van der Waals surface area contributed by atoms with Crippen LogP contribution in [0.5, 0.6) is 0 Å². The number of thioether (sulfide) groups is 1. The summed E-state index contributed by atoms with van der Waals surface area (Å²) in [4.78, 5) is 0. The maximum Gasteiger partial charge on any atom is 0.138 e. The summed E-state index contributed by atoms with van der Waals surface area (Å²) in [5.74, 6) is 1.21. The molecule has 0 saturated heterocycles. The Hall–Kier alpha value is 0.127. The highest BCUT2D eigenvalue weighted by Gasteiger charge is 2.23. The quantitative estimate of drug-likeness (QED) is 0.366. The highest BCUT2D eigenvalue weighted by Crippen LogP contribution is 2.19. The zero-order valence-corrected chi connectivity index (χ0v) is 12.0. The van der Waals surface area contributed by atoms with E-state index in [4.69, 9.17) is 0 Å². The monoisotopic (exact) mass is 228 g/mol. The SMILES string of the molecule is CCCCSC#C[Si](CC)(CC)CC. The topological polar surface area (TPSA) is 0 Å². The zero-order valence-electron chi connectivity index (χ0n) is 10.2. The molecule has 0 aromatic rings. The maximum atomic E-state index is 3.59. The fourth-order valence-electron chi connectivity index (χ4n) is 1.43. The van der Waals surface area contributed by atoms with Crippen LogP contribution in [0.25, 0.3) is 0 Å². The number of hydrogen-bond acceptors (Lipinski definition) is 1. The van der Waals surface area contributed by atoms with E-state index < -0.39 is 8.07 Å². The molecule has 82 valence electrons. The van der Waals surface area contributed by atoms with Crippen LogP contribution < -0.4 is 0 Å². The molecule has 0 spiro atoms. The van der Waals surface area contributed by atoms with Crippen molar-refractivity contribution in [3.8, 4) is 10.8 Å². The van der Waals surface area contributed by atoms with E-state index in [0.29, 0.717) is 0 Å². The van der Waals surface area contributed by atoms with E-state index in [2.05, 4.69) is 38.5 Å². The highest BCUT2D eigenvalue weighted by atomic mass is 32.2. The van der Waals surface area contributed by atoms with Crippen molar-refractivity contribution in [3.63, 3.8) is 0 Å². The van der Waals surface area contributed by atoms with Crippen LogP contribution in [-0.4, -0.2) is 13.8 Å². The molecule has 0 bridgehead atoms. The van der Waals surface area contributed by atoms with Crippen LogP contribution >= 0.6 is 11.8 Å². The molecule has 0 fully saturated rings. The minimum Gasteiger partial charge on any atom is -0.119 e. The molecule has 14 heavy (non-hydrogen) atoms. The third kappa shape index (κ3) is 5.12. The van der Waals surface area contributed by atoms with E-state index in [1.165, 1.54) is 36.7 Å². The Kier molecular flexibility index (Phi) is 8.51. The molecular weight excluding hydrogens is 204 g/mol. The van der Waals surface area contributed by atoms with Crippen molar-refractivity contribution in [2.24, 2.45) is 0 Å². The first-order valence-corrected chi connectivity index (χ1v) is 9.49. The number of unbranched alkanes of at least 4 members (excludes halogenated alkanes) is 1. The first kappa shape index (κ1) is 14.1. The fraction of sp³-hybridized carbons (Fsp3) is 0.833. The summed E-state index contributed by atoms with van der Waals surface area (Å²) in [7, 11) is -1.16. The molecule has 0 amide bonds. The standard InChI is InChI=1S/C12H24SSi/c1-5-9-10-13-11-12-14(6-2,7-3)8-4/h5-10H2,1-4H3. The average Bonchev–Trinajstić information content (AvgIpc) is 2.24. The lowest BCUT2D eigenvalue weighted by Gasteiger charge is -2.19. The Labute approximate surface area is 95.3 Å². The minimum atomic E-state index is -1.16. The largest absolute Gasteiger partial charge is 0.138 e. The van der Waals surface area contributed by atoms with Crippen LogP contribution in [0.1, 0.15) is 40.5 Å². The van der Waals surface area contributed by atoms with Crippen molar-refractivity contribution in [2.75, 3.05) is 5.75 Å². The molecule has 2 heteroatoms. The van der Waals surface area contributed by atoms with Crippen LogP contribution in [0, 0.1) is 10.8 Å². The summed E-state index contributed by atoms with van der Waals surface area (Å²) in [5.41, 5.74) is 3.59. The fourth-order valence-corrected chi connectivity index (χ4v) is 5.15. The molecule has 0 aliphatic rings. The first-order valence-electron chi connectivity index (χ1n) is 5.88.